The standard InChI is InChI=1S/C9H15N5O/c1-13-7-8(11-12-13)9(15)14-5-2-3-10-4-6-14/h7,10H,2-6H2,1H3. The van der Waals surface area contributed by atoms with Gasteiger partial charge in [-0.3, -0.25) is 9.48 Å². The third kappa shape index (κ3) is 2.33. The molecule has 1 fully saturated rings. The molecular formula is C9H15N5O. The quantitative estimate of drug-likeness (QED) is 0.661. The van der Waals surface area contributed by atoms with Crippen LogP contribution in [0, 0.1) is 0 Å². The Morgan fingerprint density at radius 3 is 3.07 bits per heavy atom. The zero-order chi connectivity index (χ0) is 10.7. The van der Waals surface area contributed by atoms with Crippen molar-refractivity contribution in [3.8, 4) is 0 Å². The van der Waals surface area contributed by atoms with E-state index in [1.165, 1.54) is 0 Å². The molecule has 1 aromatic heterocycles. The lowest BCUT2D eigenvalue weighted by molar-refractivity contribution is 0.0760. The predicted molar refractivity (Wildman–Crippen MR) is 54.4 cm³/mol. The smallest absolute Gasteiger partial charge is 0.276 e. The van der Waals surface area contributed by atoms with Crippen LogP contribution in [0.1, 0.15) is 16.9 Å². The lowest BCUT2D eigenvalue weighted by Crippen LogP contribution is -2.34. The Balaban J connectivity index is 2.06. The topological polar surface area (TPSA) is 63.1 Å². The van der Waals surface area contributed by atoms with Crippen molar-refractivity contribution in [3.63, 3.8) is 0 Å². The van der Waals surface area contributed by atoms with Crippen LogP contribution in [0.3, 0.4) is 0 Å². The van der Waals surface area contributed by atoms with Crippen LogP contribution in [0.2, 0.25) is 0 Å². The van der Waals surface area contributed by atoms with Crippen LogP contribution in [-0.4, -0.2) is 52.0 Å². The highest BCUT2D eigenvalue weighted by molar-refractivity contribution is 5.91. The average molecular weight is 209 g/mol. The maximum absolute atomic E-state index is 11.9. The Bertz CT molecular complexity index is 340. The first-order valence-electron chi connectivity index (χ1n) is 5.13. The highest BCUT2D eigenvalue weighted by Gasteiger charge is 2.19. The number of aryl methyl sites for hydroxylation is 1. The molecule has 0 spiro atoms. The first-order chi connectivity index (χ1) is 7.27. The minimum Gasteiger partial charge on any atom is -0.336 e. The van der Waals surface area contributed by atoms with Gasteiger partial charge in [-0.15, -0.1) is 5.10 Å². The van der Waals surface area contributed by atoms with Gasteiger partial charge < -0.3 is 10.2 Å². The van der Waals surface area contributed by atoms with Gasteiger partial charge >= 0.3 is 0 Å². The number of rotatable bonds is 1. The van der Waals surface area contributed by atoms with Gasteiger partial charge in [0.25, 0.3) is 5.91 Å². The van der Waals surface area contributed by atoms with Gasteiger partial charge in [-0.25, -0.2) is 0 Å². The molecule has 2 heterocycles. The number of carbonyl (C=O) groups excluding carboxylic acids is 1. The molecule has 0 bridgehead atoms. The molecule has 0 saturated carbocycles. The zero-order valence-corrected chi connectivity index (χ0v) is 8.81. The van der Waals surface area contributed by atoms with E-state index in [-0.39, 0.29) is 5.91 Å². The van der Waals surface area contributed by atoms with E-state index in [0.29, 0.717) is 5.69 Å². The summed E-state index contributed by atoms with van der Waals surface area (Å²) in [5.41, 5.74) is 0.430. The molecule has 1 aliphatic rings. The highest BCUT2D eigenvalue weighted by atomic mass is 16.2. The van der Waals surface area contributed by atoms with Crippen molar-refractivity contribution in [2.24, 2.45) is 7.05 Å². The van der Waals surface area contributed by atoms with E-state index in [2.05, 4.69) is 15.6 Å². The second-order valence-electron chi connectivity index (χ2n) is 3.67. The van der Waals surface area contributed by atoms with Crippen LogP contribution in [-0.2, 0) is 7.05 Å². The number of amides is 1. The molecule has 6 heteroatoms. The lowest BCUT2D eigenvalue weighted by Gasteiger charge is -2.17. The third-order valence-corrected chi connectivity index (χ3v) is 2.45. The fourth-order valence-corrected chi connectivity index (χ4v) is 1.66. The van der Waals surface area contributed by atoms with Crippen molar-refractivity contribution in [2.45, 2.75) is 6.42 Å². The van der Waals surface area contributed by atoms with E-state index in [1.807, 2.05) is 4.90 Å². The molecule has 0 aliphatic carbocycles. The van der Waals surface area contributed by atoms with Crippen LogP contribution in [0.25, 0.3) is 0 Å². The van der Waals surface area contributed by atoms with Gasteiger partial charge in [0.1, 0.15) is 0 Å². The molecule has 6 nitrogen and oxygen atoms in total. The maximum atomic E-state index is 11.9. The van der Waals surface area contributed by atoms with E-state index < -0.39 is 0 Å². The van der Waals surface area contributed by atoms with Crippen molar-refractivity contribution in [1.29, 1.82) is 0 Å². The van der Waals surface area contributed by atoms with Crippen molar-refractivity contribution in [1.82, 2.24) is 25.2 Å². The Kier molecular flexibility index (Phi) is 2.96. The molecule has 1 amide bonds. The summed E-state index contributed by atoms with van der Waals surface area (Å²) in [5.74, 6) is -0.0215. The van der Waals surface area contributed by atoms with E-state index in [1.54, 1.807) is 17.9 Å². The van der Waals surface area contributed by atoms with E-state index in [9.17, 15) is 4.79 Å². The molecule has 1 N–H and O–H groups in total. The lowest BCUT2D eigenvalue weighted by atomic mass is 10.3. The molecule has 0 unspecified atom stereocenters. The van der Waals surface area contributed by atoms with Crippen molar-refractivity contribution < 1.29 is 4.79 Å². The summed E-state index contributed by atoms with van der Waals surface area (Å²) in [6.45, 7) is 3.37. The van der Waals surface area contributed by atoms with Gasteiger partial charge in [-0.1, -0.05) is 5.21 Å². The van der Waals surface area contributed by atoms with Gasteiger partial charge in [-0.05, 0) is 13.0 Å². The van der Waals surface area contributed by atoms with Crippen molar-refractivity contribution in [2.75, 3.05) is 26.2 Å². The van der Waals surface area contributed by atoms with Crippen molar-refractivity contribution in [3.05, 3.63) is 11.9 Å². The Morgan fingerprint density at radius 1 is 1.47 bits per heavy atom. The van der Waals surface area contributed by atoms with Crippen LogP contribution < -0.4 is 5.32 Å². The maximum Gasteiger partial charge on any atom is 0.276 e. The Labute approximate surface area is 88.2 Å². The minimum absolute atomic E-state index is 0.0215. The monoisotopic (exact) mass is 209 g/mol. The second kappa shape index (κ2) is 4.39. The van der Waals surface area contributed by atoms with Gasteiger partial charge in [0.2, 0.25) is 0 Å². The summed E-state index contributed by atoms with van der Waals surface area (Å²) in [6.07, 6.45) is 2.65. The molecule has 15 heavy (non-hydrogen) atoms. The highest BCUT2D eigenvalue weighted by Crippen LogP contribution is 2.02. The number of hydrogen-bond donors (Lipinski definition) is 1. The van der Waals surface area contributed by atoms with Gasteiger partial charge in [0, 0.05) is 26.7 Å². The molecule has 2 rings (SSSR count). The fraction of sp³-hybridized carbons (Fsp3) is 0.667. The normalized spacial score (nSPS) is 17.5. The molecule has 0 atom stereocenters. The SMILES string of the molecule is Cn1cc(C(=O)N2CCCNCC2)nn1. The zero-order valence-electron chi connectivity index (χ0n) is 8.81. The Morgan fingerprint density at radius 2 is 2.33 bits per heavy atom. The first kappa shape index (κ1) is 10.1. The van der Waals surface area contributed by atoms with E-state index in [4.69, 9.17) is 0 Å². The number of carbonyl (C=O) groups is 1. The fourth-order valence-electron chi connectivity index (χ4n) is 1.66. The van der Waals surface area contributed by atoms with Gasteiger partial charge in [0.05, 0.1) is 6.20 Å². The predicted octanol–water partition coefficient (Wildman–Crippen LogP) is -0.749. The summed E-state index contributed by atoms with van der Waals surface area (Å²) < 4.78 is 1.54. The van der Waals surface area contributed by atoms with Crippen LogP contribution in [0.15, 0.2) is 6.20 Å². The summed E-state index contributed by atoms with van der Waals surface area (Å²) in [5, 5.41) is 10.8. The van der Waals surface area contributed by atoms with E-state index in [0.717, 1.165) is 32.6 Å². The van der Waals surface area contributed by atoms with E-state index >= 15 is 0 Å². The average Bonchev–Trinajstić information content (AvgIpc) is 2.53. The molecule has 1 aliphatic heterocycles. The molecular weight excluding hydrogens is 194 g/mol. The summed E-state index contributed by atoms with van der Waals surface area (Å²) in [7, 11) is 1.76. The van der Waals surface area contributed by atoms with Gasteiger partial charge in [0.15, 0.2) is 5.69 Å². The van der Waals surface area contributed by atoms with Crippen LogP contribution in [0.5, 0.6) is 0 Å². The molecule has 0 aromatic carbocycles. The molecule has 1 aromatic rings. The summed E-state index contributed by atoms with van der Waals surface area (Å²) >= 11 is 0. The minimum atomic E-state index is -0.0215. The third-order valence-electron chi connectivity index (χ3n) is 2.45. The number of nitrogens with zero attached hydrogens (tertiary/aromatic N) is 4. The molecule has 82 valence electrons. The van der Waals surface area contributed by atoms with Crippen molar-refractivity contribution >= 4 is 5.91 Å². The second-order valence-corrected chi connectivity index (χ2v) is 3.67. The Hall–Kier alpha value is -1.43. The summed E-state index contributed by atoms with van der Waals surface area (Å²) in [4.78, 5) is 13.8. The van der Waals surface area contributed by atoms with Gasteiger partial charge in [-0.2, -0.15) is 0 Å². The van der Waals surface area contributed by atoms with Crippen LogP contribution in [0.4, 0.5) is 0 Å². The van der Waals surface area contributed by atoms with Crippen LogP contribution >= 0.6 is 0 Å². The molecule has 0 radical (unpaired) electrons. The number of hydrogen-bond acceptors (Lipinski definition) is 4. The summed E-state index contributed by atoms with van der Waals surface area (Å²) in [6, 6.07) is 0. The number of aromatic nitrogens is 3. The largest absolute Gasteiger partial charge is 0.336 e. The number of nitrogens with one attached hydrogen (secondary N) is 1. The molecule has 1 saturated heterocycles. The first-order valence-corrected chi connectivity index (χ1v) is 5.13.